The number of ketones is 1. The van der Waals surface area contributed by atoms with Gasteiger partial charge in [0.25, 0.3) is 5.78 Å². The molecule has 1 rings (SSSR count). The largest absolute Gasteiger partial charge is 0.451 e. The first-order valence-corrected chi connectivity index (χ1v) is 5.28. The average molecular weight is 223 g/mol. The van der Waals surface area contributed by atoms with Crippen LogP contribution in [0.4, 0.5) is 13.2 Å². The molecule has 88 valence electrons. The van der Waals surface area contributed by atoms with Gasteiger partial charge in [0, 0.05) is 0 Å². The van der Waals surface area contributed by atoms with E-state index in [0.29, 0.717) is 0 Å². The quantitative estimate of drug-likeness (QED) is 0.798. The SMILES string of the molecule is N[C@@H](CC1CCCCC1)C(=O)C(F)(F)F. The summed E-state index contributed by atoms with van der Waals surface area (Å²) >= 11 is 0. The summed E-state index contributed by atoms with van der Waals surface area (Å²) in [6.07, 6.45) is 0.415. The standard InChI is InChI=1S/C10H16F3NO/c11-10(12,13)9(15)8(14)6-7-4-2-1-3-5-7/h7-8H,1-6,14H2/t8-/m0/s1. The molecule has 1 saturated carbocycles. The molecule has 0 spiro atoms. The number of carbonyl (C=O) groups is 1. The number of carbonyl (C=O) groups excluding carboxylic acids is 1. The minimum atomic E-state index is -4.78. The zero-order chi connectivity index (χ0) is 11.5. The molecule has 0 aliphatic heterocycles. The Balaban J connectivity index is 2.40. The molecule has 1 fully saturated rings. The minimum Gasteiger partial charge on any atom is -0.321 e. The molecule has 0 radical (unpaired) electrons. The Labute approximate surface area is 87.0 Å². The van der Waals surface area contributed by atoms with Gasteiger partial charge in [-0.3, -0.25) is 4.79 Å². The molecule has 0 saturated heterocycles. The molecule has 0 aromatic carbocycles. The van der Waals surface area contributed by atoms with E-state index in [1.807, 2.05) is 0 Å². The predicted molar refractivity (Wildman–Crippen MR) is 50.2 cm³/mol. The molecule has 0 amide bonds. The van der Waals surface area contributed by atoms with Crippen molar-refractivity contribution < 1.29 is 18.0 Å². The maximum atomic E-state index is 12.0. The summed E-state index contributed by atoms with van der Waals surface area (Å²) < 4.78 is 36.1. The van der Waals surface area contributed by atoms with Crippen molar-refractivity contribution in [2.24, 2.45) is 11.7 Å². The Morgan fingerprint density at radius 1 is 1.27 bits per heavy atom. The second-order valence-electron chi connectivity index (χ2n) is 4.21. The predicted octanol–water partition coefficient (Wildman–Crippen LogP) is 2.42. The molecule has 0 heterocycles. The van der Waals surface area contributed by atoms with Crippen LogP contribution in [0.1, 0.15) is 38.5 Å². The number of Topliss-reactive ketones (excluding diaryl/α,β-unsaturated/α-hetero) is 1. The molecule has 1 aliphatic rings. The zero-order valence-electron chi connectivity index (χ0n) is 8.52. The molecule has 0 bridgehead atoms. The van der Waals surface area contributed by atoms with Crippen molar-refractivity contribution in [3.63, 3.8) is 0 Å². The van der Waals surface area contributed by atoms with E-state index in [1.165, 1.54) is 0 Å². The summed E-state index contributed by atoms with van der Waals surface area (Å²) in [6, 6.07) is -1.37. The van der Waals surface area contributed by atoms with Crippen LogP contribution in [-0.4, -0.2) is 18.0 Å². The summed E-state index contributed by atoms with van der Waals surface area (Å²) in [4.78, 5) is 10.8. The number of nitrogens with two attached hydrogens (primary N) is 1. The van der Waals surface area contributed by atoms with Gasteiger partial charge in [-0.1, -0.05) is 32.1 Å². The third-order valence-corrected chi connectivity index (χ3v) is 2.93. The van der Waals surface area contributed by atoms with Gasteiger partial charge in [0.2, 0.25) is 0 Å². The maximum absolute atomic E-state index is 12.0. The van der Waals surface area contributed by atoms with Gasteiger partial charge in [0.15, 0.2) is 0 Å². The van der Waals surface area contributed by atoms with Gasteiger partial charge in [-0.25, -0.2) is 0 Å². The van der Waals surface area contributed by atoms with Crippen molar-refractivity contribution in [1.82, 2.24) is 0 Å². The van der Waals surface area contributed by atoms with Crippen molar-refractivity contribution in [2.45, 2.75) is 50.7 Å². The lowest BCUT2D eigenvalue weighted by Gasteiger charge is -2.24. The van der Waals surface area contributed by atoms with E-state index in [-0.39, 0.29) is 12.3 Å². The first-order valence-electron chi connectivity index (χ1n) is 5.28. The highest BCUT2D eigenvalue weighted by molar-refractivity contribution is 5.88. The third kappa shape index (κ3) is 3.81. The monoisotopic (exact) mass is 223 g/mol. The highest BCUT2D eigenvalue weighted by Gasteiger charge is 2.42. The van der Waals surface area contributed by atoms with Crippen LogP contribution in [0.2, 0.25) is 0 Å². The van der Waals surface area contributed by atoms with Crippen LogP contribution in [0, 0.1) is 5.92 Å². The number of alkyl halides is 3. The van der Waals surface area contributed by atoms with Crippen LogP contribution < -0.4 is 5.73 Å². The molecule has 0 aromatic rings. The van der Waals surface area contributed by atoms with E-state index >= 15 is 0 Å². The number of hydrogen-bond acceptors (Lipinski definition) is 2. The second kappa shape index (κ2) is 4.96. The molecule has 15 heavy (non-hydrogen) atoms. The number of hydrogen-bond donors (Lipinski definition) is 1. The van der Waals surface area contributed by atoms with E-state index in [1.54, 1.807) is 0 Å². The lowest BCUT2D eigenvalue weighted by atomic mass is 9.84. The molecular formula is C10H16F3NO. The minimum absolute atomic E-state index is 0.179. The van der Waals surface area contributed by atoms with E-state index in [0.717, 1.165) is 32.1 Å². The van der Waals surface area contributed by atoms with Crippen molar-refractivity contribution in [1.29, 1.82) is 0 Å². The molecule has 0 aromatic heterocycles. The molecular weight excluding hydrogens is 207 g/mol. The summed E-state index contributed by atoms with van der Waals surface area (Å²) in [6.45, 7) is 0. The Kier molecular flexibility index (Phi) is 4.13. The Morgan fingerprint density at radius 3 is 2.27 bits per heavy atom. The Morgan fingerprint density at radius 2 is 1.80 bits per heavy atom. The highest BCUT2D eigenvalue weighted by Crippen LogP contribution is 2.28. The van der Waals surface area contributed by atoms with Crippen LogP contribution >= 0.6 is 0 Å². The lowest BCUT2D eigenvalue weighted by Crippen LogP contribution is -2.41. The van der Waals surface area contributed by atoms with Crippen LogP contribution in [-0.2, 0) is 4.79 Å². The summed E-state index contributed by atoms with van der Waals surface area (Å²) in [7, 11) is 0. The fourth-order valence-electron chi connectivity index (χ4n) is 2.10. The normalized spacial score (nSPS) is 21.3. The molecule has 0 unspecified atom stereocenters. The van der Waals surface area contributed by atoms with Crippen LogP contribution in [0.25, 0.3) is 0 Å². The zero-order valence-corrected chi connectivity index (χ0v) is 8.52. The average Bonchev–Trinajstić information content (AvgIpc) is 2.16. The van der Waals surface area contributed by atoms with Crippen molar-refractivity contribution in [3.8, 4) is 0 Å². The molecule has 2 nitrogen and oxygen atoms in total. The van der Waals surface area contributed by atoms with Crippen molar-refractivity contribution in [3.05, 3.63) is 0 Å². The van der Waals surface area contributed by atoms with Crippen molar-refractivity contribution >= 4 is 5.78 Å². The highest BCUT2D eigenvalue weighted by atomic mass is 19.4. The number of rotatable bonds is 3. The number of halogens is 3. The van der Waals surface area contributed by atoms with Crippen LogP contribution in [0.3, 0.4) is 0 Å². The van der Waals surface area contributed by atoms with E-state index in [2.05, 4.69) is 0 Å². The summed E-state index contributed by atoms with van der Waals surface area (Å²) in [5.41, 5.74) is 5.26. The topological polar surface area (TPSA) is 43.1 Å². The van der Waals surface area contributed by atoms with Gasteiger partial charge >= 0.3 is 6.18 Å². The van der Waals surface area contributed by atoms with Gasteiger partial charge in [0.05, 0.1) is 6.04 Å². The summed E-state index contributed by atoms with van der Waals surface area (Å²) in [5, 5.41) is 0. The van der Waals surface area contributed by atoms with E-state index < -0.39 is 18.0 Å². The van der Waals surface area contributed by atoms with E-state index in [9.17, 15) is 18.0 Å². The molecule has 2 N–H and O–H groups in total. The van der Waals surface area contributed by atoms with Gasteiger partial charge in [-0.05, 0) is 12.3 Å². The maximum Gasteiger partial charge on any atom is 0.451 e. The molecule has 1 aliphatic carbocycles. The molecule has 1 atom stereocenters. The van der Waals surface area contributed by atoms with E-state index in [4.69, 9.17) is 5.73 Å². The first kappa shape index (κ1) is 12.5. The Hall–Kier alpha value is -0.580. The van der Waals surface area contributed by atoms with Gasteiger partial charge in [0.1, 0.15) is 0 Å². The second-order valence-corrected chi connectivity index (χ2v) is 4.21. The van der Waals surface area contributed by atoms with Crippen LogP contribution in [0.15, 0.2) is 0 Å². The fraction of sp³-hybridized carbons (Fsp3) is 0.900. The van der Waals surface area contributed by atoms with Gasteiger partial charge in [-0.2, -0.15) is 13.2 Å². The Bertz CT molecular complexity index is 221. The van der Waals surface area contributed by atoms with Gasteiger partial charge < -0.3 is 5.73 Å². The van der Waals surface area contributed by atoms with Crippen LogP contribution in [0.5, 0.6) is 0 Å². The summed E-state index contributed by atoms with van der Waals surface area (Å²) in [5.74, 6) is -1.59. The van der Waals surface area contributed by atoms with Gasteiger partial charge in [-0.15, -0.1) is 0 Å². The first-order chi connectivity index (χ1) is 6.91. The van der Waals surface area contributed by atoms with Crippen molar-refractivity contribution in [2.75, 3.05) is 0 Å². The smallest absolute Gasteiger partial charge is 0.321 e. The fourth-order valence-corrected chi connectivity index (χ4v) is 2.10. The lowest BCUT2D eigenvalue weighted by molar-refractivity contribution is -0.172. The molecule has 5 heteroatoms. The third-order valence-electron chi connectivity index (χ3n) is 2.93.